The summed E-state index contributed by atoms with van der Waals surface area (Å²) >= 11 is 0. The quantitative estimate of drug-likeness (QED) is 0.221. The molecule has 33 heavy (non-hydrogen) atoms. The van der Waals surface area contributed by atoms with Gasteiger partial charge in [-0.2, -0.15) is 5.01 Å². The first-order valence-corrected chi connectivity index (χ1v) is 10.5. The largest absolute Gasteiger partial charge is 0.292 e. The Kier molecular flexibility index (Phi) is 5.87. The van der Waals surface area contributed by atoms with Gasteiger partial charge in [-0.15, -0.1) is 0 Å². The van der Waals surface area contributed by atoms with Crippen LogP contribution in [0.2, 0.25) is 0 Å². The highest BCUT2D eigenvalue weighted by Crippen LogP contribution is 2.39. The fourth-order valence-electron chi connectivity index (χ4n) is 4.30. The molecule has 0 N–H and O–H groups in total. The number of Topliss-reactive ketones (excluding diaryl/α,β-unsaturated/α-hetero) is 1. The topological polar surface area (TPSA) is 118 Å². The van der Waals surface area contributed by atoms with Gasteiger partial charge in [0.15, 0.2) is 5.78 Å². The molecule has 0 saturated carbocycles. The number of hydrogen-bond acceptors (Lipinski definition) is 6. The van der Waals surface area contributed by atoms with Crippen LogP contribution in [0.4, 0.5) is 5.69 Å². The van der Waals surface area contributed by atoms with E-state index in [2.05, 4.69) is 0 Å². The van der Waals surface area contributed by atoms with E-state index in [0.717, 1.165) is 21.7 Å². The smallest absolute Gasteiger partial charge is 0.282 e. The van der Waals surface area contributed by atoms with E-state index in [9.17, 15) is 29.3 Å². The van der Waals surface area contributed by atoms with Crippen LogP contribution in [-0.4, -0.2) is 45.0 Å². The lowest BCUT2D eigenvalue weighted by molar-refractivity contribution is -0.385. The molecule has 2 atom stereocenters. The van der Waals surface area contributed by atoms with Gasteiger partial charge in [0.05, 0.1) is 16.8 Å². The molecule has 0 bridgehead atoms. The van der Waals surface area contributed by atoms with Crippen LogP contribution in [0.5, 0.6) is 0 Å². The first kappa shape index (κ1) is 22.1. The van der Waals surface area contributed by atoms with Crippen molar-refractivity contribution >= 4 is 29.2 Å². The van der Waals surface area contributed by atoms with Gasteiger partial charge in [-0.3, -0.25) is 29.3 Å². The van der Waals surface area contributed by atoms with Gasteiger partial charge in [-0.1, -0.05) is 54.1 Å². The maximum Gasteiger partial charge on any atom is 0.282 e. The Bertz CT molecular complexity index is 1190. The van der Waals surface area contributed by atoms with E-state index in [4.69, 9.17) is 0 Å². The molecule has 0 radical (unpaired) electrons. The number of carbonyl (C=O) groups is 4. The number of fused-ring (bicyclic) bond motifs is 1. The summed E-state index contributed by atoms with van der Waals surface area (Å²) in [6.45, 7) is 1.25. The predicted octanol–water partition coefficient (Wildman–Crippen LogP) is 3.18. The lowest BCUT2D eigenvalue weighted by Gasteiger charge is -2.30. The number of allylic oxidation sites excluding steroid dienone is 2. The number of hydrogen-bond donors (Lipinski definition) is 0. The zero-order chi connectivity index (χ0) is 23.7. The molecule has 0 unspecified atom stereocenters. The third-order valence-corrected chi connectivity index (χ3v) is 6.00. The first-order chi connectivity index (χ1) is 15.8. The Labute approximate surface area is 189 Å². The molecule has 1 aliphatic heterocycles. The molecule has 0 aromatic heterocycles. The second kappa shape index (κ2) is 8.78. The Hall–Kier alpha value is -4.14. The predicted molar refractivity (Wildman–Crippen MR) is 117 cm³/mol. The Morgan fingerprint density at radius 1 is 1.03 bits per heavy atom. The minimum Gasteiger partial charge on any atom is -0.292 e. The molecule has 0 spiro atoms. The summed E-state index contributed by atoms with van der Waals surface area (Å²) in [6.07, 6.45) is 2.63. The van der Waals surface area contributed by atoms with Crippen molar-refractivity contribution in [1.82, 2.24) is 10.0 Å². The van der Waals surface area contributed by atoms with Crippen molar-refractivity contribution in [3.05, 3.63) is 87.5 Å². The van der Waals surface area contributed by atoms with Crippen molar-refractivity contribution in [2.45, 2.75) is 19.8 Å². The van der Waals surface area contributed by atoms with Crippen molar-refractivity contribution in [1.29, 1.82) is 0 Å². The van der Waals surface area contributed by atoms with Crippen LogP contribution in [0, 0.1) is 22.0 Å². The minimum absolute atomic E-state index is 0.284. The Morgan fingerprint density at radius 2 is 1.67 bits per heavy atom. The third-order valence-electron chi connectivity index (χ3n) is 6.00. The van der Waals surface area contributed by atoms with Crippen LogP contribution < -0.4 is 0 Å². The Balaban J connectivity index is 1.75. The standard InChI is InChI=1S/C24H21N3O6/c1-15-11-12-17-19(13-15)24(31)26(23(17)30)25(14-21(28)16-7-3-2-4-8-16)22(29)18-9-5-6-10-20(18)27(32)33/h2-11,17,19H,12-14H2,1H3/t17-,19-/m0/s1. The van der Waals surface area contributed by atoms with Crippen LogP contribution in [0.3, 0.4) is 0 Å². The molecule has 2 aromatic carbocycles. The number of carbonyl (C=O) groups excluding carboxylic acids is 4. The van der Waals surface area contributed by atoms with Crippen LogP contribution in [0.15, 0.2) is 66.2 Å². The number of nitro benzene ring substituents is 1. The summed E-state index contributed by atoms with van der Waals surface area (Å²) in [7, 11) is 0. The molecular weight excluding hydrogens is 426 g/mol. The number of amides is 3. The van der Waals surface area contributed by atoms with E-state index >= 15 is 0 Å². The molecule has 2 aliphatic rings. The van der Waals surface area contributed by atoms with Crippen molar-refractivity contribution in [3.8, 4) is 0 Å². The molecule has 1 saturated heterocycles. The fraction of sp³-hybridized carbons (Fsp3) is 0.250. The molecule has 168 valence electrons. The van der Waals surface area contributed by atoms with Crippen molar-refractivity contribution < 1.29 is 24.1 Å². The number of nitrogens with zero attached hydrogens (tertiary/aromatic N) is 3. The van der Waals surface area contributed by atoms with Crippen molar-refractivity contribution in [3.63, 3.8) is 0 Å². The number of para-hydroxylation sites is 1. The highest BCUT2D eigenvalue weighted by Gasteiger charge is 2.52. The molecule has 9 heteroatoms. The average molecular weight is 447 g/mol. The van der Waals surface area contributed by atoms with E-state index < -0.39 is 52.5 Å². The van der Waals surface area contributed by atoms with Gasteiger partial charge in [-0.05, 0) is 25.8 Å². The van der Waals surface area contributed by atoms with Crippen LogP contribution in [0.1, 0.15) is 40.5 Å². The van der Waals surface area contributed by atoms with Crippen molar-refractivity contribution in [2.75, 3.05) is 6.54 Å². The van der Waals surface area contributed by atoms with Gasteiger partial charge in [0, 0.05) is 11.6 Å². The highest BCUT2D eigenvalue weighted by atomic mass is 16.6. The second-order valence-electron chi connectivity index (χ2n) is 8.12. The third kappa shape index (κ3) is 4.05. The summed E-state index contributed by atoms with van der Waals surface area (Å²) in [5.74, 6) is -3.89. The van der Waals surface area contributed by atoms with Gasteiger partial charge in [0.1, 0.15) is 12.1 Å². The van der Waals surface area contributed by atoms with Crippen LogP contribution in [0.25, 0.3) is 0 Å². The number of hydrazine groups is 1. The van der Waals surface area contributed by atoms with Crippen molar-refractivity contribution in [2.24, 2.45) is 11.8 Å². The van der Waals surface area contributed by atoms with E-state index in [1.807, 2.05) is 13.0 Å². The molecule has 1 fully saturated rings. The number of ketones is 1. The average Bonchev–Trinajstić information content (AvgIpc) is 3.06. The first-order valence-electron chi connectivity index (χ1n) is 10.5. The lowest BCUT2D eigenvalue weighted by Crippen LogP contribution is -2.52. The molecule has 2 aromatic rings. The normalized spacial score (nSPS) is 19.7. The molecular formula is C24H21N3O6. The molecule has 1 aliphatic carbocycles. The SMILES string of the molecule is CC1=CC[C@@H]2C(=O)N(N(CC(=O)c3ccccc3)C(=O)c3ccccc3[N+](=O)[O-])C(=O)[C@H]2C1. The second-order valence-corrected chi connectivity index (χ2v) is 8.12. The van der Waals surface area contributed by atoms with E-state index in [0.29, 0.717) is 12.8 Å². The van der Waals surface area contributed by atoms with E-state index in [1.54, 1.807) is 30.3 Å². The fourth-order valence-corrected chi connectivity index (χ4v) is 4.30. The molecule has 9 nitrogen and oxygen atoms in total. The number of imide groups is 1. The number of benzene rings is 2. The summed E-state index contributed by atoms with van der Waals surface area (Å²) in [4.78, 5) is 63.7. The van der Waals surface area contributed by atoms with Gasteiger partial charge < -0.3 is 0 Å². The van der Waals surface area contributed by atoms with Gasteiger partial charge in [0.25, 0.3) is 23.4 Å². The van der Waals surface area contributed by atoms with Gasteiger partial charge in [-0.25, -0.2) is 5.01 Å². The van der Waals surface area contributed by atoms with Gasteiger partial charge >= 0.3 is 0 Å². The molecule has 1 heterocycles. The van der Waals surface area contributed by atoms with Gasteiger partial charge in [0.2, 0.25) is 0 Å². The number of nitro groups is 1. The summed E-state index contributed by atoms with van der Waals surface area (Å²) < 4.78 is 0. The van der Waals surface area contributed by atoms with E-state index in [1.165, 1.54) is 18.2 Å². The summed E-state index contributed by atoms with van der Waals surface area (Å²) in [5, 5.41) is 13.0. The zero-order valence-electron chi connectivity index (χ0n) is 17.8. The van der Waals surface area contributed by atoms with Crippen LogP contribution >= 0.6 is 0 Å². The zero-order valence-corrected chi connectivity index (χ0v) is 17.8. The van der Waals surface area contributed by atoms with Crippen LogP contribution in [-0.2, 0) is 9.59 Å². The highest BCUT2D eigenvalue weighted by molar-refractivity contribution is 6.10. The Morgan fingerprint density at radius 3 is 2.36 bits per heavy atom. The molecule has 3 amide bonds. The molecule has 4 rings (SSSR count). The number of rotatable bonds is 6. The monoisotopic (exact) mass is 447 g/mol. The van der Waals surface area contributed by atoms with E-state index in [-0.39, 0.29) is 11.1 Å². The summed E-state index contributed by atoms with van der Waals surface area (Å²) in [5.41, 5.74) is 0.463. The maximum absolute atomic E-state index is 13.5. The minimum atomic E-state index is -0.961. The summed E-state index contributed by atoms with van der Waals surface area (Å²) in [6, 6.07) is 13.4. The lowest BCUT2D eigenvalue weighted by atomic mass is 9.82. The maximum atomic E-state index is 13.5.